The molecule has 0 fully saturated rings. The summed E-state index contributed by atoms with van der Waals surface area (Å²) in [6.45, 7) is 0. The van der Waals surface area contributed by atoms with Crippen LogP contribution in [-0.2, 0) is 12.8 Å². The topological polar surface area (TPSA) is 69.4 Å². The first kappa shape index (κ1) is 13.8. The van der Waals surface area contributed by atoms with Gasteiger partial charge in [-0.15, -0.1) is 11.3 Å². The van der Waals surface area contributed by atoms with E-state index in [9.17, 15) is 14.9 Å². The molecule has 1 heterocycles. The summed E-state index contributed by atoms with van der Waals surface area (Å²) >= 11 is 1.46. The van der Waals surface area contributed by atoms with Crippen LogP contribution in [0.1, 0.15) is 33.0 Å². The molecule has 5 nitrogen and oxygen atoms in total. The summed E-state index contributed by atoms with van der Waals surface area (Å²) in [4.78, 5) is 24.1. The lowest BCUT2D eigenvalue weighted by Gasteiger charge is -2.08. The van der Waals surface area contributed by atoms with Crippen LogP contribution < -0.4 is 4.74 Å². The third-order valence-corrected chi connectivity index (χ3v) is 4.65. The van der Waals surface area contributed by atoms with Crippen molar-refractivity contribution < 1.29 is 14.5 Å². The molecule has 0 bridgehead atoms. The van der Waals surface area contributed by atoms with Gasteiger partial charge in [-0.2, -0.15) is 0 Å². The number of fused-ring (bicyclic) bond motifs is 1. The van der Waals surface area contributed by atoms with Crippen molar-refractivity contribution in [2.24, 2.45) is 0 Å². The molecule has 1 aliphatic carbocycles. The van der Waals surface area contributed by atoms with E-state index in [1.54, 1.807) is 6.07 Å². The molecule has 0 radical (unpaired) electrons. The molecule has 1 aromatic carbocycles. The van der Waals surface area contributed by atoms with Crippen molar-refractivity contribution in [2.75, 3.05) is 0 Å². The van der Waals surface area contributed by atoms with Crippen LogP contribution in [0.4, 0.5) is 5.69 Å². The van der Waals surface area contributed by atoms with Crippen LogP contribution in [-0.4, -0.2) is 10.9 Å². The summed E-state index contributed by atoms with van der Waals surface area (Å²) in [5.74, 6) is -0.254. The molecule has 0 atom stereocenters. The zero-order valence-electron chi connectivity index (χ0n) is 11.2. The number of carbonyl (C=O) groups excluding carboxylic acids is 1. The smallest absolute Gasteiger partial charge is 0.353 e. The molecule has 21 heavy (non-hydrogen) atoms. The predicted molar refractivity (Wildman–Crippen MR) is 79.0 cm³/mol. The number of hydrogen-bond acceptors (Lipinski definition) is 5. The van der Waals surface area contributed by atoms with Crippen molar-refractivity contribution in [1.29, 1.82) is 0 Å². The zero-order valence-corrected chi connectivity index (χ0v) is 12.0. The molecule has 0 aliphatic heterocycles. The number of esters is 1. The highest BCUT2D eigenvalue weighted by molar-refractivity contribution is 7.14. The minimum atomic E-state index is -0.513. The number of carbonyl (C=O) groups is 1. The zero-order chi connectivity index (χ0) is 14.8. The van der Waals surface area contributed by atoms with Gasteiger partial charge in [-0.25, -0.2) is 4.79 Å². The second kappa shape index (κ2) is 5.65. The van der Waals surface area contributed by atoms with Gasteiger partial charge in [-0.3, -0.25) is 10.1 Å². The van der Waals surface area contributed by atoms with Crippen LogP contribution in [0.25, 0.3) is 0 Å². The summed E-state index contributed by atoms with van der Waals surface area (Å²) < 4.78 is 5.24. The average molecular weight is 303 g/mol. The fourth-order valence-electron chi connectivity index (χ4n) is 2.41. The Kier molecular flexibility index (Phi) is 3.70. The minimum absolute atomic E-state index is 0.0919. The molecule has 0 saturated carbocycles. The fourth-order valence-corrected chi connectivity index (χ4v) is 3.54. The number of ether oxygens (including phenoxy) is 1. The lowest BCUT2D eigenvalue weighted by molar-refractivity contribution is -0.384. The maximum absolute atomic E-state index is 12.1. The number of nitrogens with zero attached hydrogens (tertiary/aromatic N) is 1. The second-order valence-corrected chi connectivity index (χ2v) is 6.05. The van der Waals surface area contributed by atoms with Crippen LogP contribution in [0.15, 0.2) is 30.3 Å². The van der Waals surface area contributed by atoms with Crippen LogP contribution in [0.3, 0.4) is 0 Å². The Balaban J connectivity index is 1.78. The molecular formula is C15H13NO4S. The molecule has 0 spiro atoms. The van der Waals surface area contributed by atoms with Gasteiger partial charge in [0.25, 0.3) is 5.69 Å². The van der Waals surface area contributed by atoms with Crippen molar-refractivity contribution in [3.05, 3.63) is 55.8 Å². The van der Waals surface area contributed by atoms with Crippen LogP contribution in [0.2, 0.25) is 0 Å². The monoisotopic (exact) mass is 303 g/mol. The first-order chi connectivity index (χ1) is 10.1. The number of benzene rings is 1. The second-order valence-electron chi connectivity index (χ2n) is 4.91. The fraction of sp³-hybridized carbons (Fsp3) is 0.267. The van der Waals surface area contributed by atoms with E-state index < -0.39 is 10.9 Å². The predicted octanol–water partition coefficient (Wildman–Crippen LogP) is 3.75. The Hall–Kier alpha value is -2.21. The van der Waals surface area contributed by atoms with Gasteiger partial charge in [0.05, 0.1) is 11.0 Å². The highest BCUT2D eigenvalue weighted by Gasteiger charge is 2.19. The third-order valence-electron chi connectivity index (χ3n) is 3.44. The summed E-state index contributed by atoms with van der Waals surface area (Å²) in [6, 6.07) is 7.55. The van der Waals surface area contributed by atoms with Crippen LogP contribution in [0, 0.1) is 10.1 Å². The highest BCUT2D eigenvalue weighted by atomic mass is 32.1. The Morgan fingerprint density at radius 1 is 1.24 bits per heavy atom. The molecule has 0 N–H and O–H groups in total. The van der Waals surface area contributed by atoms with Gasteiger partial charge in [0.1, 0.15) is 10.6 Å². The van der Waals surface area contributed by atoms with E-state index >= 15 is 0 Å². The normalized spacial score (nSPS) is 13.5. The molecule has 1 aliphatic rings. The van der Waals surface area contributed by atoms with E-state index in [1.807, 2.05) is 6.07 Å². The van der Waals surface area contributed by atoms with Gasteiger partial charge in [-0.05, 0) is 43.4 Å². The first-order valence-corrected chi connectivity index (χ1v) is 7.53. The quantitative estimate of drug-likeness (QED) is 0.375. The number of nitro benzene ring substituents is 1. The molecule has 2 aromatic rings. The number of aryl methyl sites for hydroxylation is 2. The van der Waals surface area contributed by atoms with E-state index in [1.165, 1.54) is 40.0 Å². The number of rotatable bonds is 3. The maximum atomic E-state index is 12.1. The van der Waals surface area contributed by atoms with Gasteiger partial charge in [0.15, 0.2) is 0 Å². The summed E-state index contributed by atoms with van der Waals surface area (Å²) in [6.07, 6.45) is 4.34. The molecule has 0 amide bonds. The molecule has 1 aromatic heterocycles. The van der Waals surface area contributed by atoms with Crippen molar-refractivity contribution in [1.82, 2.24) is 0 Å². The Morgan fingerprint density at radius 2 is 2.05 bits per heavy atom. The first-order valence-electron chi connectivity index (χ1n) is 6.72. The largest absolute Gasteiger partial charge is 0.422 e. The van der Waals surface area contributed by atoms with Gasteiger partial charge >= 0.3 is 5.97 Å². The van der Waals surface area contributed by atoms with E-state index in [-0.39, 0.29) is 11.4 Å². The highest BCUT2D eigenvalue weighted by Crippen LogP contribution is 2.30. The molecule has 6 heteroatoms. The minimum Gasteiger partial charge on any atom is -0.422 e. The average Bonchev–Trinajstić information content (AvgIpc) is 2.91. The van der Waals surface area contributed by atoms with Crippen molar-refractivity contribution in [3.63, 3.8) is 0 Å². The van der Waals surface area contributed by atoms with Crippen LogP contribution in [0.5, 0.6) is 5.75 Å². The van der Waals surface area contributed by atoms with Crippen LogP contribution >= 0.6 is 11.3 Å². The van der Waals surface area contributed by atoms with Gasteiger partial charge < -0.3 is 4.74 Å². The molecule has 0 saturated heterocycles. The lowest BCUT2D eigenvalue weighted by atomic mass is 9.99. The van der Waals surface area contributed by atoms with E-state index in [0.717, 1.165) is 25.7 Å². The number of non-ortho nitro benzene ring substituents is 1. The Bertz CT molecular complexity index is 684. The molecular weight excluding hydrogens is 290 g/mol. The third kappa shape index (κ3) is 2.95. The number of thiophene rings is 1. The molecule has 108 valence electrons. The Labute approximate surface area is 125 Å². The Morgan fingerprint density at radius 3 is 2.81 bits per heavy atom. The van der Waals surface area contributed by atoms with Gasteiger partial charge in [0.2, 0.25) is 0 Å². The van der Waals surface area contributed by atoms with Gasteiger partial charge in [-0.1, -0.05) is 6.07 Å². The summed E-state index contributed by atoms with van der Waals surface area (Å²) in [5, 5.41) is 10.7. The lowest BCUT2D eigenvalue weighted by Crippen LogP contribution is -2.06. The van der Waals surface area contributed by atoms with E-state index in [0.29, 0.717) is 4.88 Å². The summed E-state index contributed by atoms with van der Waals surface area (Å²) in [5.41, 5.74) is 1.14. The summed E-state index contributed by atoms with van der Waals surface area (Å²) in [7, 11) is 0. The van der Waals surface area contributed by atoms with Crippen molar-refractivity contribution in [2.45, 2.75) is 25.7 Å². The van der Waals surface area contributed by atoms with Crippen molar-refractivity contribution >= 4 is 23.0 Å². The SMILES string of the molecule is O=C(Oc1cccc([N+](=O)[O-])c1)c1cc2c(s1)CCCC2. The maximum Gasteiger partial charge on any atom is 0.353 e. The number of hydrogen-bond donors (Lipinski definition) is 0. The number of nitro groups is 1. The van der Waals surface area contributed by atoms with Crippen molar-refractivity contribution in [3.8, 4) is 5.75 Å². The van der Waals surface area contributed by atoms with E-state index in [2.05, 4.69) is 0 Å². The molecule has 3 rings (SSSR count). The molecule has 0 unspecified atom stereocenters. The standard InChI is InChI=1S/C15H13NO4S/c17-15(14-8-10-4-1-2-7-13(10)21-14)20-12-6-3-5-11(9-12)16(18)19/h3,5-6,8-9H,1-2,4,7H2. The van der Waals surface area contributed by atoms with Gasteiger partial charge in [0, 0.05) is 10.9 Å². The van der Waals surface area contributed by atoms with E-state index in [4.69, 9.17) is 4.74 Å².